The second-order valence-corrected chi connectivity index (χ2v) is 6.05. The molecule has 0 aliphatic rings. The van der Waals surface area contributed by atoms with Gasteiger partial charge in [0, 0.05) is 17.8 Å². The van der Waals surface area contributed by atoms with Gasteiger partial charge >= 0.3 is 0 Å². The maximum Gasteiger partial charge on any atom is 0.247 e. The molecule has 3 rings (SSSR count). The molecule has 0 saturated heterocycles. The Hall–Kier alpha value is -3.17. The number of hydrogen-bond acceptors (Lipinski definition) is 6. The number of nitriles is 1. The number of aliphatic hydroxyl groups is 1. The Bertz CT molecular complexity index is 882. The lowest BCUT2D eigenvalue weighted by atomic mass is 10.0. The van der Waals surface area contributed by atoms with Crippen molar-refractivity contribution in [3.63, 3.8) is 0 Å². The predicted octanol–water partition coefficient (Wildman–Crippen LogP) is 4.23. The van der Waals surface area contributed by atoms with Gasteiger partial charge in [0.25, 0.3) is 0 Å². The van der Waals surface area contributed by atoms with Crippen LogP contribution in [0.4, 0.5) is 5.69 Å². The van der Waals surface area contributed by atoms with E-state index >= 15 is 0 Å². The molecule has 0 atom stereocenters. The Morgan fingerprint density at radius 2 is 1.85 bits per heavy atom. The minimum atomic E-state index is 0.0457. The van der Waals surface area contributed by atoms with Crippen LogP contribution in [0.2, 0.25) is 0 Å². The average molecular weight is 364 g/mol. The molecule has 0 amide bonds. The van der Waals surface area contributed by atoms with Crippen LogP contribution in [0.1, 0.15) is 35.6 Å². The summed E-state index contributed by atoms with van der Waals surface area (Å²) in [4.78, 5) is 0. The van der Waals surface area contributed by atoms with Gasteiger partial charge in [-0.3, -0.25) is 0 Å². The zero-order chi connectivity index (χ0) is 19.6. The Labute approximate surface area is 159 Å². The van der Waals surface area contributed by atoms with E-state index in [0.717, 1.165) is 40.9 Å². The average Bonchev–Trinajstić information content (AvgIpc) is 3.25. The molecule has 0 aliphatic carbocycles. The van der Waals surface area contributed by atoms with Crippen LogP contribution in [0.15, 0.2) is 47.2 Å². The van der Waals surface area contributed by atoms with Crippen LogP contribution in [-0.2, 0) is 6.61 Å². The molecule has 3 aromatic rings. The predicted molar refractivity (Wildman–Crippen MR) is 105 cm³/mol. The highest BCUT2D eigenvalue weighted by Gasteiger charge is 2.04. The number of aliphatic hydroxyl groups excluding tert-OH is 1. The number of benzene rings is 2. The highest BCUT2D eigenvalue weighted by Crippen LogP contribution is 2.21. The third kappa shape index (κ3) is 5.40. The van der Waals surface area contributed by atoms with Gasteiger partial charge in [0.1, 0.15) is 0 Å². The highest BCUT2D eigenvalue weighted by molar-refractivity contribution is 5.58. The lowest BCUT2D eigenvalue weighted by Gasteiger charge is -2.11. The van der Waals surface area contributed by atoms with Crippen LogP contribution in [0.3, 0.4) is 0 Å². The van der Waals surface area contributed by atoms with E-state index in [1.807, 2.05) is 50.2 Å². The first kappa shape index (κ1) is 20.1. The van der Waals surface area contributed by atoms with Gasteiger partial charge in [-0.05, 0) is 61.2 Å². The lowest BCUT2D eigenvalue weighted by Crippen LogP contribution is -2.03. The van der Waals surface area contributed by atoms with Gasteiger partial charge in [0.05, 0.1) is 18.2 Å². The van der Waals surface area contributed by atoms with Crippen molar-refractivity contribution in [3.05, 3.63) is 65.0 Å². The number of hydrogen-bond donors (Lipinski definition) is 2. The summed E-state index contributed by atoms with van der Waals surface area (Å²) in [6.45, 7) is 7.20. The summed E-state index contributed by atoms with van der Waals surface area (Å²) in [5, 5.41) is 28.3. The Morgan fingerprint density at radius 3 is 2.41 bits per heavy atom. The molecule has 0 unspecified atom stereocenters. The number of anilines is 1. The number of nitrogens with one attached hydrogen (secondary N) is 1. The van der Waals surface area contributed by atoms with Crippen molar-refractivity contribution >= 4 is 5.69 Å². The summed E-state index contributed by atoms with van der Waals surface area (Å²) in [7, 11) is 0. The highest BCUT2D eigenvalue weighted by atomic mass is 16.4. The fourth-order valence-electron chi connectivity index (χ4n) is 2.44. The fraction of sp³-hybridized carbons (Fsp3) is 0.286. The summed E-state index contributed by atoms with van der Waals surface area (Å²) in [6.07, 6.45) is 2.40. The molecule has 0 spiro atoms. The van der Waals surface area contributed by atoms with Gasteiger partial charge in [0.2, 0.25) is 12.3 Å². The van der Waals surface area contributed by atoms with Crippen molar-refractivity contribution < 1.29 is 9.52 Å². The molecule has 1 aromatic heterocycles. The van der Waals surface area contributed by atoms with Crippen LogP contribution >= 0.6 is 0 Å². The number of nitrogens with zero attached hydrogens (tertiary/aromatic N) is 3. The standard InChI is InChI=1S/C12H16N2.C9H8N2O2/c1-4-7-14-12-6-5-11(8-13)9(2)10(12)3;12-5-7-1-3-8(4-2-7)9-11-10-6-13-9/h5-6,14H,4,7H2,1-3H3;1-4,6,12H,5H2. The van der Waals surface area contributed by atoms with Crippen LogP contribution in [0.25, 0.3) is 11.5 Å². The van der Waals surface area contributed by atoms with Gasteiger partial charge in [-0.1, -0.05) is 19.1 Å². The van der Waals surface area contributed by atoms with E-state index < -0.39 is 0 Å². The molecule has 6 heteroatoms. The molecular weight excluding hydrogens is 340 g/mol. The molecule has 0 fully saturated rings. The summed E-state index contributed by atoms with van der Waals surface area (Å²) in [6, 6.07) is 13.4. The van der Waals surface area contributed by atoms with Crippen molar-refractivity contribution in [3.8, 4) is 17.5 Å². The Balaban J connectivity index is 0.000000194. The van der Waals surface area contributed by atoms with Crippen molar-refractivity contribution in [2.45, 2.75) is 33.8 Å². The van der Waals surface area contributed by atoms with Crippen LogP contribution < -0.4 is 5.32 Å². The van der Waals surface area contributed by atoms with Crippen LogP contribution in [0.5, 0.6) is 0 Å². The van der Waals surface area contributed by atoms with Crippen molar-refractivity contribution in [1.82, 2.24) is 10.2 Å². The summed E-state index contributed by atoms with van der Waals surface area (Å²) >= 11 is 0. The second-order valence-electron chi connectivity index (χ2n) is 6.05. The van der Waals surface area contributed by atoms with E-state index in [-0.39, 0.29) is 6.61 Å². The van der Waals surface area contributed by atoms with Gasteiger partial charge in [-0.25, -0.2) is 0 Å². The van der Waals surface area contributed by atoms with E-state index in [4.69, 9.17) is 14.8 Å². The summed E-state index contributed by atoms with van der Waals surface area (Å²) in [5.41, 5.74) is 5.89. The quantitative estimate of drug-likeness (QED) is 0.703. The number of aromatic nitrogens is 2. The van der Waals surface area contributed by atoms with Crippen LogP contribution in [-0.4, -0.2) is 21.8 Å². The molecule has 27 heavy (non-hydrogen) atoms. The third-order valence-corrected chi connectivity index (χ3v) is 4.22. The van der Waals surface area contributed by atoms with Crippen molar-refractivity contribution in [2.24, 2.45) is 0 Å². The zero-order valence-electron chi connectivity index (χ0n) is 15.9. The topological polar surface area (TPSA) is 95.0 Å². The van der Waals surface area contributed by atoms with Crippen LogP contribution in [0, 0.1) is 25.2 Å². The van der Waals surface area contributed by atoms with E-state index in [1.54, 1.807) is 0 Å². The third-order valence-electron chi connectivity index (χ3n) is 4.22. The van der Waals surface area contributed by atoms with E-state index in [9.17, 15) is 0 Å². The first-order chi connectivity index (χ1) is 13.1. The van der Waals surface area contributed by atoms with Gasteiger partial charge in [-0.2, -0.15) is 5.26 Å². The number of rotatable bonds is 5. The molecule has 1 heterocycles. The Kier molecular flexibility index (Phi) is 7.53. The molecule has 0 bridgehead atoms. The molecule has 140 valence electrons. The first-order valence-corrected chi connectivity index (χ1v) is 8.81. The van der Waals surface area contributed by atoms with E-state index in [2.05, 4.69) is 28.5 Å². The molecule has 0 saturated carbocycles. The van der Waals surface area contributed by atoms with Crippen molar-refractivity contribution in [2.75, 3.05) is 11.9 Å². The largest absolute Gasteiger partial charge is 0.423 e. The maximum absolute atomic E-state index is 8.84. The van der Waals surface area contributed by atoms with Gasteiger partial charge < -0.3 is 14.8 Å². The summed E-state index contributed by atoms with van der Waals surface area (Å²) < 4.78 is 5.01. The fourth-order valence-corrected chi connectivity index (χ4v) is 2.44. The van der Waals surface area contributed by atoms with Gasteiger partial charge in [-0.15, -0.1) is 10.2 Å². The zero-order valence-corrected chi connectivity index (χ0v) is 15.9. The minimum Gasteiger partial charge on any atom is -0.423 e. The SMILES string of the molecule is CCCNc1ccc(C#N)c(C)c1C.OCc1ccc(-c2nnco2)cc1. The second kappa shape index (κ2) is 10.1. The minimum absolute atomic E-state index is 0.0457. The monoisotopic (exact) mass is 364 g/mol. The molecule has 0 aliphatic heterocycles. The smallest absolute Gasteiger partial charge is 0.247 e. The lowest BCUT2D eigenvalue weighted by molar-refractivity contribution is 0.282. The van der Waals surface area contributed by atoms with Gasteiger partial charge in [0.15, 0.2) is 0 Å². The van der Waals surface area contributed by atoms with Crippen molar-refractivity contribution in [1.29, 1.82) is 5.26 Å². The molecule has 2 N–H and O–H groups in total. The molecule has 2 aromatic carbocycles. The van der Waals surface area contributed by atoms with E-state index in [1.165, 1.54) is 12.0 Å². The first-order valence-electron chi connectivity index (χ1n) is 8.81. The Morgan fingerprint density at radius 1 is 1.11 bits per heavy atom. The maximum atomic E-state index is 8.84. The molecular formula is C21H24N4O2. The summed E-state index contributed by atoms with van der Waals surface area (Å²) in [5.74, 6) is 0.490. The molecule has 6 nitrogen and oxygen atoms in total. The van der Waals surface area contributed by atoms with E-state index in [0.29, 0.717) is 5.89 Å². The normalized spacial score (nSPS) is 9.89. The molecule has 0 radical (unpaired) electrons.